The van der Waals surface area contributed by atoms with E-state index in [9.17, 15) is 8.78 Å². The van der Waals surface area contributed by atoms with Gasteiger partial charge in [-0.1, -0.05) is 30.7 Å². The minimum absolute atomic E-state index is 0.0534. The van der Waals surface area contributed by atoms with Gasteiger partial charge in [-0.3, -0.25) is 0 Å². The van der Waals surface area contributed by atoms with Gasteiger partial charge in [0.05, 0.1) is 5.02 Å². The molecule has 0 saturated carbocycles. The molecule has 0 atom stereocenters. The van der Waals surface area contributed by atoms with Gasteiger partial charge < -0.3 is 10.1 Å². The molecule has 0 unspecified atom stereocenters. The number of hydrogen-bond donors (Lipinski definition) is 1. The molecule has 0 amide bonds. The van der Waals surface area contributed by atoms with Gasteiger partial charge >= 0.3 is 0 Å². The van der Waals surface area contributed by atoms with Gasteiger partial charge in [0, 0.05) is 6.54 Å². The number of ether oxygens (including phenoxy) is 1. The first-order valence-electron chi connectivity index (χ1n) is 6.66. The molecule has 0 bridgehead atoms. The van der Waals surface area contributed by atoms with Crippen LogP contribution in [0, 0.1) is 11.6 Å². The highest BCUT2D eigenvalue weighted by Crippen LogP contribution is 2.21. The van der Waals surface area contributed by atoms with E-state index < -0.39 is 11.6 Å². The predicted molar refractivity (Wildman–Crippen MR) is 79.5 cm³/mol. The number of nitrogens with one attached hydrogen (secondary N) is 1. The van der Waals surface area contributed by atoms with Crippen LogP contribution < -0.4 is 10.1 Å². The molecule has 0 aliphatic rings. The third-order valence-corrected chi connectivity index (χ3v) is 3.26. The second-order valence-corrected chi connectivity index (χ2v) is 4.99. The molecule has 0 saturated heterocycles. The Hall–Kier alpha value is -1.65. The van der Waals surface area contributed by atoms with Crippen molar-refractivity contribution < 1.29 is 13.5 Å². The van der Waals surface area contributed by atoms with Crippen molar-refractivity contribution in [3.63, 3.8) is 0 Å². The molecule has 112 valence electrons. The molecule has 2 aromatic rings. The van der Waals surface area contributed by atoms with Crippen molar-refractivity contribution in [3.05, 3.63) is 64.2 Å². The SMILES string of the molecule is CCNCc1ccc(OCc2ccc(Cl)c(F)c2)c(F)c1. The van der Waals surface area contributed by atoms with E-state index in [4.69, 9.17) is 16.3 Å². The topological polar surface area (TPSA) is 21.3 Å². The monoisotopic (exact) mass is 311 g/mol. The van der Waals surface area contributed by atoms with E-state index in [0.29, 0.717) is 12.1 Å². The van der Waals surface area contributed by atoms with Crippen LogP contribution in [0.25, 0.3) is 0 Å². The molecule has 0 aliphatic carbocycles. The molecular formula is C16H16ClF2NO. The highest BCUT2D eigenvalue weighted by Gasteiger charge is 2.06. The highest BCUT2D eigenvalue weighted by molar-refractivity contribution is 6.30. The molecule has 2 rings (SSSR count). The Labute approximate surface area is 127 Å². The summed E-state index contributed by atoms with van der Waals surface area (Å²) in [5, 5.41) is 3.17. The zero-order valence-electron chi connectivity index (χ0n) is 11.6. The van der Waals surface area contributed by atoms with Gasteiger partial charge in [0.15, 0.2) is 11.6 Å². The fraction of sp³-hybridized carbons (Fsp3) is 0.250. The van der Waals surface area contributed by atoms with Crippen molar-refractivity contribution in [1.29, 1.82) is 0 Å². The maximum atomic E-state index is 13.9. The van der Waals surface area contributed by atoms with Gasteiger partial charge in [-0.05, 0) is 41.9 Å². The zero-order valence-corrected chi connectivity index (χ0v) is 12.4. The summed E-state index contributed by atoms with van der Waals surface area (Å²) in [5.74, 6) is -0.801. The lowest BCUT2D eigenvalue weighted by molar-refractivity contribution is 0.289. The Morgan fingerprint density at radius 3 is 2.43 bits per heavy atom. The summed E-state index contributed by atoms with van der Waals surface area (Å²) >= 11 is 5.60. The largest absolute Gasteiger partial charge is 0.486 e. The predicted octanol–water partition coefficient (Wildman–Crippen LogP) is 4.31. The molecule has 0 aliphatic heterocycles. The summed E-state index contributed by atoms with van der Waals surface area (Å²) in [6.07, 6.45) is 0. The normalized spacial score (nSPS) is 10.7. The number of hydrogen-bond acceptors (Lipinski definition) is 2. The third kappa shape index (κ3) is 4.41. The fourth-order valence-corrected chi connectivity index (χ4v) is 1.95. The molecule has 2 nitrogen and oxygen atoms in total. The quantitative estimate of drug-likeness (QED) is 0.858. The second-order valence-electron chi connectivity index (χ2n) is 4.58. The van der Waals surface area contributed by atoms with Crippen LogP contribution in [0.4, 0.5) is 8.78 Å². The summed E-state index contributed by atoms with van der Waals surface area (Å²) in [4.78, 5) is 0. The van der Waals surface area contributed by atoms with Crippen molar-refractivity contribution in [2.75, 3.05) is 6.54 Å². The Morgan fingerprint density at radius 1 is 1.05 bits per heavy atom. The average molecular weight is 312 g/mol. The maximum Gasteiger partial charge on any atom is 0.165 e. The Bertz CT molecular complexity index is 619. The van der Waals surface area contributed by atoms with E-state index in [2.05, 4.69) is 5.32 Å². The molecular weight excluding hydrogens is 296 g/mol. The Kier molecular flexibility index (Phi) is 5.53. The van der Waals surface area contributed by atoms with Gasteiger partial charge in [0.2, 0.25) is 0 Å². The molecule has 2 aromatic carbocycles. The van der Waals surface area contributed by atoms with Crippen LogP contribution in [0.5, 0.6) is 5.75 Å². The second kappa shape index (κ2) is 7.38. The van der Waals surface area contributed by atoms with Crippen LogP contribution >= 0.6 is 11.6 Å². The van der Waals surface area contributed by atoms with Gasteiger partial charge in [-0.25, -0.2) is 8.78 Å². The first-order valence-corrected chi connectivity index (χ1v) is 7.04. The van der Waals surface area contributed by atoms with Crippen molar-refractivity contribution in [2.45, 2.75) is 20.1 Å². The molecule has 0 spiro atoms. The standard InChI is InChI=1S/C16H16ClF2NO/c1-2-20-9-11-4-6-16(15(19)7-11)21-10-12-3-5-13(17)14(18)8-12/h3-8,20H,2,9-10H2,1H3. The minimum atomic E-state index is -0.515. The molecule has 5 heteroatoms. The average Bonchev–Trinajstić information content (AvgIpc) is 2.47. The van der Waals surface area contributed by atoms with Gasteiger partial charge in [-0.2, -0.15) is 0 Å². The lowest BCUT2D eigenvalue weighted by atomic mass is 10.2. The van der Waals surface area contributed by atoms with Gasteiger partial charge in [0.25, 0.3) is 0 Å². The summed E-state index contributed by atoms with van der Waals surface area (Å²) < 4.78 is 32.5. The van der Waals surface area contributed by atoms with E-state index in [1.54, 1.807) is 18.2 Å². The molecule has 0 heterocycles. The van der Waals surface area contributed by atoms with Gasteiger partial charge in [-0.15, -0.1) is 0 Å². The molecule has 0 radical (unpaired) electrons. The minimum Gasteiger partial charge on any atom is -0.486 e. The molecule has 0 fully saturated rings. The number of benzene rings is 2. The van der Waals surface area contributed by atoms with E-state index in [1.165, 1.54) is 18.2 Å². The lowest BCUT2D eigenvalue weighted by Crippen LogP contribution is -2.11. The van der Waals surface area contributed by atoms with Gasteiger partial charge in [0.1, 0.15) is 12.4 Å². The first-order chi connectivity index (χ1) is 10.1. The van der Waals surface area contributed by atoms with Crippen LogP contribution in [0.1, 0.15) is 18.1 Å². The van der Waals surface area contributed by atoms with Crippen LogP contribution in [0.2, 0.25) is 5.02 Å². The van der Waals surface area contributed by atoms with Crippen molar-refractivity contribution in [3.8, 4) is 5.75 Å². The van der Waals surface area contributed by atoms with Crippen molar-refractivity contribution >= 4 is 11.6 Å². The summed E-state index contributed by atoms with van der Waals surface area (Å²) in [7, 11) is 0. The number of rotatable bonds is 6. The molecule has 0 aromatic heterocycles. The smallest absolute Gasteiger partial charge is 0.165 e. The van der Waals surface area contributed by atoms with Crippen LogP contribution in [-0.2, 0) is 13.2 Å². The summed E-state index contributed by atoms with van der Waals surface area (Å²) in [6, 6.07) is 9.17. The highest BCUT2D eigenvalue weighted by atomic mass is 35.5. The summed E-state index contributed by atoms with van der Waals surface area (Å²) in [5.41, 5.74) is 1.44. The van der Waals surface area contributed by atoms with Crippen LogP contribution in [0.15, 0.2) is 36.4 Å². The van der Waals surface area contributed by atoms with Crippen LogP contribution in [0.3, 0.4) is 0 Å². The zero-order chi connectivity index (χ0) is 15.2. The van der Waals surface area contributed by atoms with E-state index in [0.717, 1.165) is 12.1 Å². The van der Waals surface area contributed by atoms with E-state index >= 15 is 0 Å². The first kappa shape index (κ1) is 15.7. The third-order valence-electron chi connectivity index (χ3n) is 2.95. The van der Waals surface area contributed by atoms with Crippen LogP contribution in [-0.4, -0.2) is 6.54 Å². The number of halogens is 3. The Morgan fingerprint density at radius 2 is 1.76 bits per heavy atom. The molecule has 1 N–H and O–H groups in total. The lowest BCUT2D eigenvalue weighted by Gasteiger charge is -2.09. The fourth-order valence-electron chi connectivity index (χ4n) is 1.83. The van der Waals surface area contributed by atoms with Crippen molar-refractivity contribution in [2.24, 2.45) is 0 Å². The maximum absolute atomic E-state index is 13.9. The molecule has 21 heavy (non-hydrogen) atoms. The Balaban J connectivity index is 2.01. The summed E-state index contributed by atoms with van der Waals surface area (Å²) in [6.45, 7) is 3.49. The van der Waals surface area contributed by atoms with E-state index in [1.807, 2.05) is 6.92 Å². The van der Waals surface area contributed by atoms with E-state index in [-0.39, 0.29) is 17.4 Å². The van der Waals surface area contributed by atoms with Crippen molar-refractivity contribution in [1.82, 2.24) is 5.32 Å².